The Morgan fingerprint density at radius 3 is 2.46 bits per heavy atom. The summed E-state index contributed by atoms with van der Waals surface area (Å²) in [4.78, 5) is 19.6. The third-order valence-electron chi connectivity index (χ3n) is 2.67. The Labute approximate surface area is 140 Å². The number of nitrogens with zero attached hydrogens (tertiary/aromatic N) is 2. The molecule has 0 bridgehead atoms. The van der Waals surface area contributed by atoms with Crippen LogP contribution in [0.2, 0.25) is 0 Å². The summed E-state index contributed by atoms with van der Waals surface area (Å²) >= 11 is 0. The first-order valence-electron chi connectivity index (χ1n) is 7.41. The molecular weight excluding hydrogens is 312 g/mol. The number of esters is 1. The minimum absolute atomic E-state index is 0.221. The van der Waals surface area contributed by atoms with E-state index < -0.39 is 17.7 Å². The SMILES string of the molecule is CC(C)(C)OC(=O)C(O)COc1ccc(Oc2ccncc2)nc1. The summed E-state index contributed by atoms with van der Waals surface area (Å²) in [5.41, 5.74) is -0.661. The quantitative estimate of drug-likeness (QED) is 0.812. The zero-order valence-corrected chi connectivity index (χ0v) is 13.8. The Bertz CT molecular complexity index is 653. The second kappa shape index (κ2) is 7.74. The maximum absolute atomic E-state index is 11.6. The second-order valence-electron chi connectivity index (χ2n) is 5.98. The Balaban J connectivity index is 1.84. The van der Waals surface area contributed by atoms with E-state index in [0.717, 1.165) is 0 Å². The van der Waals surface area contributed by atoms with Crippen LogP contribution in [0.15, 0.2) is 42.9 Å². The Kier molecular flexibility index (Phi) is 5.70. The van der Waals surface area contributed by atoms with Gasteiger partial charge in [0.25, 0.3) is 0 Å². The lowest BCUT2D eigenvalue weighted by molar-refractivity contribution is -0.166. The predicted octanol–water partition coefficient (Wildman–Crippen LogP) is 2.35. The number of pyridine rings is 2. The van der Waals surface area contributed by atoms with Crippen molar-refractivity contribution in [3.8, 4) is 17.4 Å². The molecule has 128 valence electrons. The van der Waals surface area contributed by atoms with Gasteiger partial charge in [-0.1, -0.05) is 0 Å². The number of hydrogen-bond acceptors (Lipinski definition) is 7. The lowest BCUT2D eigenvalue weighted by Crippen LogP contribution is -2.35. The fraction of sp³-hybridized carbons (Fsp3) is 0.353. The van der Waals surface area contributed by atoms with E-state index in [1.807, 2.05) is 0 Å². The van der Waals surface area contributed by atoms with E-state index >= 15 is 0 Å². The highest BCUT2D eigenvalue weighted by molar-refractivity contribution is 5.74. The molecule has 0 radical (unpaired) electrons. The number of carbonyl (C=O) groups is 1. The molecule has 2 heterocycles. The van der Waals surface area contributed by atoms with Gasteiger partial charge in [0.05, 0.1) is 6.20 Å². The third kappa shape index (κ3) is 5.85. The van der Waals surface area contributed by atoms with Crippen molar-refractivity contribution in [2.45, 2.75) is 32.5 Å². The van der Waals surface area contributed by atoms with Crippen molar-refractivity contribution in [2.75, 3.05) is 6.61 Å². The van der Waals surface area contributed by atoms with Crippen molar-refractivity contribution >= 4 is 5.97 Å². The highest BCUT2D eigenvalue weighted by Crippen LogP contribution is 2.20. The zero-order valence-electron chi connectivity index (χ0n) is 13.8. The van der Waals surface area contributed by atoms with Gasteiger partial charge in [0.2, 0.25) is 5.88 Å². The van der Waals surface area contributed by atoms with Crippen LogP contribution in [0.4, 0.5) is 0 Å². The van der Waals surface area contributed by atoms with Crippen molar-refractivity contribution in [3.63, 3.8) is 0 Å². The predicted molar refractivity (Wildman–Crippen MR) is 85.9 cm³/mol. The summed E-state index contributed by atoms with van der Waals surface area (Å²) < 4.78 is 15.9. The second-order valence-corrected chi connectivity index (χ2v) is 5.98. The summed E-state index contributed by atoms with van der Waals surface area (Å²) in [5.74, 6) is 0.681. The van der Waals surface area contributed by atoms with E-state index in [2.05, 4.69) is 9.97 Å². The van der Waals surface area contributed by atoms with Crippen molar-refractivity contribution in [1.29, 1.82) is 0 Å². The molecule has 0 amide bonds. The molecule has 0 spiro atoms. The molecule has 0 saturated carbocycles. The van der Waals surface area contributed by atoms with Gasteiger partial charge in [-0.25, -0.2) is 9.78 Å². The lowest BCUT2D eigenvalue weighted by Gasteiger charge is -2.21. The van der Waals surface area contributed by atoms with Crippen molar-refractivity contribution in [2.24, 2.45) is 0 Å². The van der Waals surface area contributed by atoms with Gasteiger partial charge in [-0.15, -0.1) is 0 Å². The first-order valence-corrected chi connectivity index (χ1v) is 7.41. The minimum Gasteiger partial charge on any atom is -0.489 e. The topological polar surface area (TPSA) is 90.8 Å². The van der Waals surface area contributed by atoms with Crippen LogP contribution in [0, 0.1) is 0 Å². The van der Waals surface area contributed by atoms with Crippen LogP contribution >= 0.6 is 0 Å². The number of aliphatic hydroxyl groups excluding tert-OH is 1. The van der Waals surface area contributed by atoms with E-state index in [1.54, 1.807) is 57.4 Å². The average molecular weight is 332 g/mol. The van der Waals surface area contributed by atoms with E-state index in [4.69, 9.17) is 14.2 Å². The lowest BCUT2D eigenvalue weighted by atomic mass is 10.2. The van der Waals surface area contributed by atoms with Gasteiger partial charge in [0.1, 0.15) is 23.7 Å². The fourth-order valence-corrected chi connectivity index (χ4v) is 1.65. The van der Waals surface area contributed by atoms with Gasteiger partial charge in [-0.3, -0.25) is 4.98 Å². The van der Waals surface area contributed by atoms with Gasteiger partial charge >= 0.3 is 5.97 Å². The molecule has 0 fully saturated rings. The number of ether oxygens (including phenoxy) is 3. The van der Waals surface area contributed by atoms with Gasteiger partial charge in [-0.2, -0.15) is 0 Å². The van der Waals surface area contributed by atoms with Gasteiger partial charge in [0.15, 0.2) is 6.10 Å². The maximum atomic E-state index is 11.6. The van der Waals surface area contributed by atoms with E-state index in [1.165, 1.54) is 6.20 Å². The van der Waals surface area contributed by atoms with Crippen LogP contribution in [0.25, 0.3) is 0 Å². The van der Waals surface area contributed by atoms with Crippen LogP contribution in [0.1, 0.15) is 20.8 Å². The molecular formula is C17H20N2O5. The number of hydrogen-bond donors (Lipinski definition) is 1. The molecule has 24 heavy (non-hydrogen) atoms. The van der Waals surface area contributed by atoms with Crippen LogP contribution in [-0.4, -0.2) is 39.4 Å². The first kappa shape index (κ1) is 17.7. The van der Waals surface area contributed by atoms with E-state index in [0.29, 0.717) is 17.4 Å². The first-order chi connectivity index (χ1) is 11.3. The molecule has 2 aromatic rings. The van der Waals surface area contributed by atoms with Crippen LogP contribution < -0.4 is 9.47 Å². The number of aromatic nitrogens is 2. The Morgan fingerprint density at radius 1 is 1.17 bits per heavy atom. The molecule has 0 aliphatic carbocycles. The Morgan fingerprint density at radius 2 is 1.88 bits per heavy atom. The van der Waals surface area contributed by atoms with Crippen LogP contribution in [0.3, 0.4) is 0 Å². The average Bonchev–Trinajstić information content (AvgIpc) is 2.53. The molecule has 1 unspecified atom stereocenters. The summed E-state index contributed by atoms with van der Waals surface area (Å²) in [6, 6.07) is 6.67. The molecule has 1 atom stereocenters. The van der Waals surface area contributed by atoms with Crippen molar-refractivity contribution < 1.29 is 24.1 Å². The maximum Gasteiger partial charge on any atom is 0.339 e. The summed E-state index contributed by atoms with van der Waals surface area (Å²) in [7, 11) is 0. The van der Waals surface area contributed by atoms with Crippen LogP contribution in [-0.2, 0) is 9.53 Å². The minimum atomic E-state index is -1.36. The zero-order chi connectivity index (χ0) is 17.6. The van der Waals surface area contributed by atoms with Gasteiger partial charge in [0, 0.05) is 18.5 Å². The highest BCUT2D eigenvalue weighted by atomic mass is 16.6. The standard InChI is InChI=1S/C17H20N2O5/c1-17(2,3)24-16(21)14(20)11-22-13-4-5-15(19-10-13)23-12-6-8-18-9-7-12/h4-10,14,20H,11H2,1-3H3. The molecule has 0 aliphatic heterocycles. The molecule has 0 aliphatic rings. The highest BCUT2D eigenvalue weighted by Gasteiger charge is 2.23. The number of carbonyl (C=O) groups excluding carboxylic acids is 1. The molecule has 0 saturated heterocycles. The normalized spacial score (nSPS) is 12.3. The van der Waals surface area contributed by atoms with Gasteiger partial charge < -0.3 is 19.3 Å². The Hall–Kier alpha value is -2.67. The fourth-order valence-electron chi connectivity index (χ4n) is 1.65. The van der Waals surface area contributed by atoms with Crippen LogP contribution in [0.5, 0.6) is 17.4 Å². The molecule has 1 N–H and O–H groups in total. The molecule has 7 heteroatoms. The number of rotatable bonds is 6. The van der Waals surface area contributed by atoms with Crippen molar-refractivity contribution in [1.82, 2.24) is 9.97 Å². The molecule has 2 rings (SSSR count). The molecule has 2 aromatic heterocycles. The third-order valence-corrected chi connectivity index (χ3v) is 2.67. The van der Waals surface area contributed by atoms with Crippen molar-refractivity contribution in [3.05, 3.63) is 42.9 Å². The van der Waals surface area contributed by atoms with E-state index in [-0.39, 0.29) is 6.61 Å². The summed E-state index contributed by atoms with van der Waals surface area (Å²) in [6.07, 6.45) is 3.31. The number of aliphatic hydroxyl groups is 1. The monoisotopic (exact) mass is 332 g/mol. The largest absolute Gasteiger partial charge is 0.489 e. The van der Waals surface area contributed by atoms with Gasteiger partial charge in [-0.05, 0) is 39.0 Å². The van der Waals surface area contributed by atoms with E-state index in [9.17, 15) is 9.90 Å². The summed E-state index contributed by atoms with van der Waals surface area (Å²) in [6.45, 7) is 4.96. The smallest absolute Gasteiger partial charge is 0.339 e. The molecule has 0 aromatic carbocycles. The summed E-state index contributed by atoms with van der Waals surface area (Å²) in [5, 5.41) is 9.74. The molecule has 7 nitrogen and oxygen atoms in total.